The first-order valence-corrected chi connectivity index (χ1v) is 6.36. The van der Waals surface area contributed by atoms with Gasteiger partial charge in [0.25, 0.3) is 0 Å². The molecule has 4 heteroatoms. The van der Waals surface area contributed by atoms with Crippen LogP contribution in [-0.4, -0.2) is 4.98 Å². The number of thiazole rings is 1. The predicted molar refractivity (Wildman–Crippen MR) is 69.5 cm³/mol. The Balaban J connectivity index is 2.32. The number of rotatable bonds is 2. The maximum atomic E-state index is 11.2. The molecule has 3 aromatic rings. The second-order valence-electron chi connectivity index (χ2n) is 3.82. The van der Waals surface area contributed by atoms with Crippen LogP contribution in [0.4, 0.5) is 0 Å². The lowest BCUT2D eigenvalue weighted by Gasteiger charge is -1.95. The lowest BCUT2D eigenvalue weighted by atomic mass is 10.1. The Bertz CT molecular complexity index is 720. The van der Waals surface area contributed by atoms with Gasteiger partial charge in [-0.2, -0.15) is 0 Å². The number of H-pyrrole nitrogens is 1. The van der Waals surface area contributed by atoms with Crippen LogP contribution in [0.15, 0.2) is 38.9 Å². The Morgan fingerprint density at radius 2 is 2.18 bits per heavy atom. The number of hydrogen-bond acceptors (Lipinski definition) is 3. The average Bonchev–Trinajstić information content (AvgIpc) is 2.91. The van der Waals surface area contributed by atoms with Crippen LogP contribution in [0.3, 0.4) is 0 Å². The van der Waals surface area contributed by atoms with E-state index in [-0.39, 0.29) is 4.87 Å². The summed E-state index contributed by atoms with van der Waals surface area (Å²) in [6.45, 7) is 2.09. The van der Waals surface area contributed by atoms with Crippen molar-refractivity contribution < 1.29 is 4.42 Å². The Kier molecular flexibility index (Phi) is 2.37. The molecule has 86 valence electrons. The number of benzene rings is 1. The topological polar surface area (TPSA) is 46.0 Å². The van der Waals surface area contributed by atoms with Crippen molar-refractivity contribution in [3.05, 3.63) is 44.9 Å². The summed E-state index contributed by atoms with van der Waals surface area (Å²) in [7, 11) is 0. The zero-order chi connectivity index (χ0) is 11.8. The summed E-state index contributed by atoms with van der Waals surface area (Å²) in [4.78, 5) is 13.9. The number of furan rings is 1. The van der Waals surface area contributed by atoms with Gasteiger partial charge in [-0.05, 0) is 12.5 Å². The van der Waals surface area contributed by atoms with Crippen molar-refractivity contribution in [3.8, 4) is 11.5 Å². The zero-order valence-corrected chi connectivity index (χ0v) is 10.1. The minimum atomic E-state index is -0.0532. The first-order valence-electron chi connectivity index (χ1n) is 5.48. The predicted octanol–water partition coefficient (Wildman–Crippen LogP) is 3.41. The lowest BCUT2D eigenvalue weighted by Crippen LogP contribution is -1.92. The fourth-order valence-electron chi connectivity index (χ4n) is 2.06. The summed E-state index contributed by atoms with van der Waals surface area (Å²) in [5.74, 6) is 0.784. The maximum Gasteiger partial charge on any atom is 0.305 e. The molecule has 0 bridgehead atoms. The van der Waals surface area contributed by atoms with Crippen molar-refractivity contribution in [2.45, 2.75) is 13.3 Å². The summed E-state index contributed by atoms with van der Waals surface area (Å²) in [6.07, 6.45) is 0.879. The standard InChI is InChI=1S/C13H11NO2S/c1-2-8-9-5-3-4-6-11(9)16-12(8)10-7-17-13(15)14-10/h3-7H,2H2,1H3,(H,14,15). The Hall–Kier alpha value is -1.81. The number of nitrogens with one attached hydrogen (secondary N) is 1. The highest BCUT2D eigenvalue weighted by atomic mass is 32.1. The van der Waals surface area contributed by atoms with Gasteiger partial charge in [0.1, 0.15) is 5.58 Å². The summed E-state index contributed by atoms with van der Waals surface area (Å²) < 4.78 is 5.83. The molecule has 0 saturated carbocycles. The number of fused-ring (bicyclic) bond motifs is 1. The van der Waals surface area contributed by atoms with Gasteiger partial charge in [0, 0.05) is 16.3 Å². The highest BCUT2D eigenvalue weighted by molar-refractivity contribution is 7.07. The molecule has 0 aliphatic rings. The van der Waals surface area contributed by atoms with Gasteiger partial charge in [-0.15, -0.1) is 0 Å². The van der Waals surface area contributed by atoms with Gasteiger partial charge in [-0.3, -0.25) is 4.79 Å². The molecule has 0 fully saturated rings. The first kappa shape index (κ1) is 10.4. The Labute approximate surface area is 102 Å². The van der Waals surface area contributed by atoms with Crippen LogP contribution in [0.2, 0.25) is 0 Å². The van der Waals surface area contributed by atoms with Crippen LogP contribution in [0.1, 0.15) is 12.5 Å². The van der Waals surface area contributed by atoms with Crippen LogP contribution >= 0.6 is 11.3 Å². The largest absolute Gasteiger partial charge is 0.454 e. The third-order valence-corrected chi connectivity index (χ3v) is 3.49. The van der Waals surface area contributed by atoms with Crippen LogP contribution in [0, 0.1) is 0 Å². The van der Waals surface area contributed by atoms with E-state index in [1.807, 2.05) is 24.3 Å². The minimum Gasteiger partial charge on any atom is -0.454 e. The van der Waals surface area contributed by atoms with Crippen molar-refractivity contribution in [1.29, 1.82) is 0 Å². The van der Waals surface area contributed by atoms with E-state index in [1.54, 1.807) is 5.38 Å². The summed E-state index contributed by atoms with van der Waals surface area (Å²) >= 11 is 1.16. The van der Waals surface area contributed by atoms with Crippen LogP contribution < -0.4 is 4.87 Å². The number of para-hydroxylation sites is 1. The van der Waals surface area contributed by atoms with Gasteiger partial charge >= 0.3 is 4.87 Å². The number of aromatic amines is 1. The molecule has 0 aliphatic heterocycles. The van der Waals surface area contributed by atoms with Crippen LogP contribution in [-0.2, 0) is 6.42 Å². The van der Waals surface area contributed by atoms with Crippen molar-refractivity contribution >= 4 is 22.3 Å². The average molecular weight is 245 g/mol. The fourth-order valence-corrected chi connectivity index (χ4v) is 2.62. The van der Waals surface area contributed by atoms with Crippen molar-refractivity contribution in [2.24, 2.45) is 0 Å². The van der Waals surface area contributed by atoms with Crippen molar-refractivity contribution in [2.75, 3.05) is 0 Å². The second kappa shape index (κ2) is 3.89. The molecule has 0 aliphatic carbocycles. The van der Waals surface area contributed by atoms with E-state index in [0.717, 1.165) is 45.7 Å². The lowest BCUT2D eigenvalue weighted by molar-refractivity contribution is 0.625. The molecular weight excluding hydrogens is 234 g/mol. The summed E-state index contributed by atoms with van der Waals surface area (Å²) in [5, 5.41) is 2.93. The van der Waals surface area contributed by atoms with E-state index in [0.29, 0.717) is 0 Å². The van der Waals surface area contributed by atoms with Gasteiger partial charge in [-0.25, -0.2) is 0 Å². The molecule has 0 spiro atoms. The molecule has 2 aromatic heterocycles. The molecule has 0 amide bonds. The summed E-state index contributed by atoms with van der Waals surface area (Å²) in [6, 6.07) is 7.94. The van der Waals surface area contributed by atoms with E-state index in [9.17, 15) is 4.79 Å². The fraction of sp³-hybridized carbons (Fsp3) is 0.154. The maximum absolute atomic E-state index is 11.2. The van der Waals surface area contributed by atoms with E-state index in [2.05, 4.69) is 11.9 Å². The number of aromatic nitrogens is 1. The first-order chi connectivity index (χ1) is 8.29. The van der Waals surface area contributed by atoms with Gasteiger partial charge in [0.05, 0.1) is 5.69 Å². The third kappa shape index (κ3) is 1.61. The molecular formula is C13H11NO2S. The van der Waals surface area contributed by atoms with Gasteiger partial charge < -0.3 is 9.40 Å². The SMILES string of the molecule is CCc1c(-c2csc(=O)[nH]2)oc2ccccc12. The minimum absolute atomic E-state index is 0.0532. The summed E-state index contributed by atoms with van der Waals surface area (Å²) in [5.41, 5.74) is 2.79. The molecule has 0 atom stereocenters. The smallest absolute Gasteiger partial charge is 0.305 e. The molecule has 0 radical (unpaired) electrons. The quantitative estimate of drug-likeness (QED) is 0.752. The Morgan fingerprint density at radius 1 is 1.35 bits per heavy atom. The third-order valence-electron chi connectivity index (χ3n) is 2.82. The molecule has 2 heterocycles. The van der Waals surface area contributed by atoms with Gasteiger partial charge in [0.15, 0.2) is 5.76 Å². The monoisotopic (exact) mass is 245 g/mol. The van der Waals surface area contributed by atoms with E-state index < -0.39 is 0 Å². The normalized spacial score (nSPS) is 11.1. The second-order valence-corrected chi connectivity index (χ2v) is 4.66. The van der Waals surface area contributed by atoms with Crippen molar-refractivity contribution in [1.82, 2.24) is 4.98 Å². The van der Waals surface area contributed by atoms with Gasteiger partial charge in [0.2, 0.25) is 0 Å². The number of hydrogen-bond donors (Lipinski definition) is 1. The molecule has 17 heavy (non-hydrogen) atoms. The molecule has 1 N–H and O–H groups in total. The molecule has 1 aromatic carbocycles. The molecule has 0 saturated heterocycles. The van der Waals surface area contributed by atoms with Gasteiger partial charge in [-0.1, -0.05) is 36.5 Å². The van der Waals surface area contributed by atoms with Crippen LogP contribution in [0.5, 0.6) is 0 Å². The highest BCUT2D eigenvalue weighted by Gasteiger charge is 2.15. The van der Waals surface area contributed by atoms with Crippen molar-refractivity contribution in [3.63, 3.8) is 0 Å². The molecule has 3 nitrogen and oxygen atoms in total. The van der Waals surface area contributed by atoms with Crippen LogP contribution in [0.25, 0.3) is 22.4 Å². The number of aryl methyl sites for hydroxylation is 1. The molecule has 3 rings (SSSR count). The zero-order valence-electron chi connectivity index (χ0n) is 9.32. The highest BCUT2D eigenvalue weighted by Crippen LogP contribution is 2.32. The van der Waals surface area contributed by atoms with E-state index in [4.69, 9.17) is 4.42 Å². The Morgan fingerprint density at radius 3 is 2.88 bits per heavy atom. The van der Waals surface area contributed by atoms with E-state index in [1.165, 1.54) is 0 Å². The van der Waals surface area contributed by atoms with E-state index >= 15 is 0 Å². The molecule has 0 unspecified atom stereocenters.